The molecule has 1 aliphatic heterocycles. The van der Waals surface area contributed by atoms with Gasteiger partial charge in [-0.3, -0.25) is 4.79 Å². The predicted octanol–water partition coefficient (Wildman–Crippen LogP) is 1.77. The molecule has 1 saturated heterocycles. The number of carboxylic acids is 1. The minimum atomic E-state index is -0.689. The summed E-state index contributed by atoms with van der Waals surface area (Å²) in [5.74, 6) is -0.611. The zero-order valence-corrected chi connectivity index (χ0v) is 9.44. The van der Waals surface area contributed by atoms with Gasteiger partial charge in [0.1, 0.15) is 0 Å². The number of aryl methyl sites for hydroxylation is 1. The number of rotatable bonds is 2. The maximum atomic E-state index is 11.0. The molecule has 0 unspecified atom stereocenters. The van der Waals surface area contributed by atoms with E-state index in [0.717, 1.165) is 13.0 Å². The third-order valence-corrected chi connectivity index (χ3v) is 3.33. The molecule has 3 nitrogen and oxygen atoms in total. The molecule has 2 rings (SSSR count). The number of benzene rings is 1. The van der Waals surface area contributed by atoms with Crippen LogP contribution in [0.1, 0.15) is 23.5 Å². The predicted molar refractivity (Wildman–Crippen MR) is 62.5 cm³/mol. The van der Waals surface area contributed by atoms with E-state index in [4.69, 9.17) is 5.11 Å². The molecular weight excluding hydrogens is 202 g/mol. The third-order valence-electron chi connectivity index (χ3n) is 3.33. The van der Waals surface area contributed by atoms with Gasteiger partial charge in [0, 0.05) is 13.1 Å². The maximum Gasteiger partial charge on any atom is 0.307 e. The summed E-state index contributed by atoms with van der Waals surface area (Å²) in [5, 5.41) is 12.2. The van der Waals surface area contributed by atoms with Gasteiger partial charge in [-0.1, -0.05) is 24.3 Å². The van der Waals surface area contributed by atoms with Gasteiger partial charge in [-0.25, -0.2) is 0 Å². The molecule has 0 aliphatic carbocycles. The summed E-state index contributed by atoms with van der Waals surface area (Å²) in [5.41, 5.74) is 2.53. The molecule has 0 spiro atoms. The van der Waals surface area contributed by atoms with E-state index in [1.165, 1.54) is 11.1 Å². The fourth-order valence-corrected chi connectivity index (χ4v) is 2.41. The fourth-order valence-electron chi connectivity index (χ4n) is 2.41. The highest BCUT2D eigenvalue weighted by molar-refractivity contribution is 5.70. The Morgan fingerprint density at radius 2 is 2.12 bits per heavy atom. The monoisotopic (exact) mass is 219 g/mol. The highest BCUT2D eigenvalue weighted by Crippen LogP contribution is 2.28. The van der Waals surface area contributed by atoms with Gasteiger partial charge in [0.2, 0.25) is 0 Å². The molecule has 16 heavy (non-hydrogen) atoms. The van der Waals surface area contributed by atoms with Crippen molar-refractivity contribution in [2.45, 2.75) is 19.3 Å². The van der Waals surface area contributed by atoms with Gasteiger partial charge in [-0.15, -0.1) is 0 Å². The standard InChI is InChI=1S/C13H17NO2/c1-9-4-2-3-5-12(9)10-6-11(13(15)16)8-14-7-10/h2-5,10-11,14H,6-8H2,1H3,(H,15,16)/t10-,11-/m1/s1. The van der Waals surface area contributed by atoms with E-state index in [1.807, 2.05) is 12.1 Å². The molecule has 2 atom stereocenters. The zero-order valence-electron chi connectivity index (χ0n) is 9.44. The molecule has 0 radical (unpaired) electrons. The van der Waals surface area contributed by atoms with Crippen molar-refractivity contribution in [1.29, 1.82) is 0 Å². The van der Waals surface area contributed by atoms with E-state index in [-0.39, 0.29) is 5.92 Å². The third kappa shape index (κ3) is 2.25. The molecule has 0 saturated carbocycles. The molecule has 1 aromatic carbocycles. The second-order valence-electron chi connectivity index (χ2n) is 4.48. The molecule has 86 valence electrons. The summed E-state index contributed by atoms with van der Waals surface area (Å²) >= 11 is 0. The van der Waals surface area contributed by atoms with E-state index < -0.39 is 5.97 Å². The highest BCUT2D eigenvalue weighted by atomic mass is 16.4. The largest absolute Gasteiger partial charge is 0.481 e. The average Bonchev–Trinajstić information content (AvgIpc) is 2.30. The van der Waals surface area contributed by atoms with Crippen molar-refractivity contribution in [2.24, 2.45) is 5.92 Å². The van der Waals surface area contributed by atoms with E-state index in [1.54, 1.807) is 0 Å². The minimum absolute atomic E-state index is 0.252. The summed E-state index contributed by atoms with van der Waals surface area (Å²) in [4.78, 5) is 11.0. The molecule has 0 amide bonds. The van der Waals surface area contributed by atoms with E-state index in [2.05, 4.69) is 24.4 Å². The quantitative estimate of drug-likeness (QED) is 0.797. The van der Waals surface area contributed by atoms with Crippen LogP contribution < -0.4 is 5.32 Å². The zero-order chi connectivity index (χ0) is 11.5. The Hall–Kier alpha value is -1.35. The molecule has 1 fully saturated rings. The van der Waals surface area contributed by atoms with Crippen LogP contribution in [0.4, 0.5) is 0 Å². The lowest BCUT2D eigenvalue weighted by Crippen LogP contribution is -2.38. The molecule has 2 N–H and O–H groups in total. The number of piperidine rings is 1. The number of aliphatic carboxylic acids is 1. The van der Waals surface area contributed by atoms with Crippen molar-refractivity contribution in [2.75, 3.05) is 13.1 Å². The van der Waals surface area contributed by atoms with Crippen LogP contribution >= 0.6 is 0 Å². The van der Waals surface area contributed by atoms with Gasteiger partial charge >= 0.3 is 5.97 Å². The van der Waals surface area contributed by atoms with E-state index >= 15 is 0 Å². The van der Waals surface area contributed by atoms with Crippen molar-refractivity contribution in [1.82, 2.24) is 5.32 Å². The van der Waals surface area contributed by atoms with Crippen molar-refractivity contribution in [3.05, 3.63) is 35.4 Å². The molecular formula is C13H17NO2. The summed E-state index contributed by atoms with van der Waals surface area (Å²) in [6.07, 6.45) is 0.743. The number of hydrogen-bond donors (Lipinski definition) is 2. The summed E-state index contributed by atoms with van der Waals surface area (Å²) in [6.45, 7) is 3.56. The first-order chi connectivity index (χ1) is 7.68. The van der Waals surface area contributed by atoms with Crippen LogP contribution in [0.2, 0.25) is 0 Å². The molecule has 3 heteroatoms. The summed E-state index contributed by atoms with van der Waals surface area (Å²) in [7, 11) is 0. The Morgan fingerprint density at radius 3 is 2.81 bits per heavy atom. The van der Waals surface area contributed by atoms with Gasteiger partial charge in [0.25, 0.3) is 0 Å². The maximum absolute atomic E-state index is 11.0. The first-order valence-electron chi connectivity index (χ1n) is 5.67. The lowest BCUT2D eigenvalue weighted by atomic mass is 9.84. The molecule has 1 heterocycles. The minimum Gasteiger partial charge on any atom is -0.481 e. The van der Waals surface area contributed by atoms with E-state index in [0.29, 0.717) is 12.5 Å². The van der Waals surface area contributed by atoms with Crippen LogP contribution in [-0.2, 0) is 4.79 Å². The van der Waals surface area contributed by atoms with Crippen LogP contribution in [0, 0.1) is 12.8 Å². The Kier molecular flexibility index (Phi) is 3.25. The van der Waals surface area contributed by atoms with Gasteiger partial charge in [0.15, 0.2) is 0 Å². The van der Waals surface area contributed by atoms with Gasteiger partial charge in [0.05, 0.1) is 5.92 Å². The van der Waals surface area contributed by atoms with Crippen LogP contribution in [0.5, 0.6) is 0 Å². The molecule has 1 aliphatic rings. The number of carbonyl (C=O) groups is 1. The van der Waals surface area contributed by atoms with E-state index in [9.17, 15) is 4.79 Å². The second kappa shape index (κ2) is 4.66. The first-order valence-corrected chi connectivity index (χ1v) is 5.67. The van der Waals surface area contributed by atoms with Crippen molar-refractivity contribution in [3.63, 3.8) is 0 Å². The lowest BCUT2D eigenvalue weighted by molar-refractivity contribution is -0.142. The Bertz CT molecular complexity index is 389. The summed E-state index contributed by atoms with van der Waals surface area (Å²) < 4.78 is 0. The number of carboxylic acid groups (broad SMARTS) is 1. The molecule has 1 aromatic rings. The molecule has 0 aromatic heterocycles. The fraction of sp³-hybridized carbons (Fsp3) is 0.462. The van der Waals surface area contributed by atoms with Gasteiger partial charge in [-0.05, 0) is 30.4 Å². The summed E-state index contributed by atoms with van der Waals surface area (Å²) in [6, 6.07) is 8.22. The normalized spacial score (nSPS) is 25.3. The lowest BCUT2D eigenvalue weighted by Gasteiger charge is -2.28. The van der Waals surface area contributed by atoms with Crippen LogP contribution in [0.3, 0.4) is 0 Å². The van der Waals surface area contributed by atoms with Crippen LogP contribution in [0.15, 0.2) is 24.3 Å². The highest BCUT2D eigenvalue weighted by Gasteiger charge is 2.28. The molecule has 0 bridgehead atoms. The van der Waals surface area contributed by atoms with Crippen molar-refractivity contribution in [3.8, 4) is 0 Å². The Labute approximate surface area is 95.5 Å². The number of hydrogen-bond acceptors (Lipinski definition) is 2. The average molecular weight is 219 g/mol. The SMILES string of the molecule is Cc1ccccc1[C@H]1CNC[C@H](C(=O)O)C1. The smallest absolute Gasteiger partial charge is 0.307 e. The van der Waals surface area contributed by atoms with Crippen molar-refractivity contribution < 1.29 is 9.90 Å². The Balaban J connectivity index is 2.16. The van der Waals surface area contributed by atoms with Crippen LogP contribution in [0.25, 0.3) is 0 Å². The second-order valence-corrected chi connectivity index (χ2v) is 4.48. The Morgan fingerprint density at radius 1 is 1.38 bits per heavy atom. The first kappa shape index (κ1) is 11.1. The van der Waals surface area contributed by atoms with Gasteiger partial charge < -0.3 is 10.4 Å². The van der Waals surface area contributed by atoms with Crippen molar-refractivity contribution >= 4 is 5.97 Å². The topological polar surface area (TPSA) is 49.3 Å². The van der Waals surface area contributed by atoms with Gasteiger partial charge in [-0.2, -0.15) is 0 Å². The number of nitrogens with one attached hydrogen (secondary N) is 1. The van der Waals surface area contributed by atoms with Crippen LogP contribution in [-0.4, -0.2) is 24.2 Å².